The fraction of sp³-hybridized carbons (Fsp3) is 0.167. The summed E-state index contributed by atoms with van der Waals surface area (Å²) in [6, 6.07) is 6.86. The molecular formula is C12H10ClN3O5. The second-order valence-electron chi connectivity index (χ2n) is 3.77. The van der Waals surface area contributed by atoms with E-state index in [1.54, 1.807) is 24.3 Å². The first-order valence-electron chi connectivity index (χ1n) is 5.82. The third-order valence-corrected chi connectivity index (χ3v) is 2.71. The van der Waals surface area contributed by atoms with Crippen LogP contribution in [0.1, 0.15) is 0 Å². The van der Waals surface area contributed by atoms with E-state index in [9.17, 15) is 14.9 Å². The highest BCUT2D eigenvalue weighted by atomic mass is 35.5. The molecule has 9 heteroatoms. The molecule has 2 rings (SSSR count). The summed E-state index contributed by atoms with van der Waals surface area (Å²) < 4.78 is 10.4. The number of nitrogens with one attached hydrogen (secondary N) is 1. The third kappa shape index (κ3) is 3.69. The summed E-state index contributed by atoms with van der Waals surface area (Å²) in [7, 11) is 0. The summed E-state index contributed by atoms with van der Waals surface area (Å²) in [6.07, 6.45) is 1.03. The van der Waals surface area contributed by atoms with Crippen molar-refractivity contribution in [2.45, 2.75) is 0 Å². The van der Waals surface area contributed by atoms with Gasteiger partial charge in [0.2, 0.25) is 0 Å². The van der Waals surface area contributed by atoms with Gasteiger partial charge < -0.3 is 14.5 Å². The zero-order chi connectivity index (χ0) is 15.2. The van der Waals surface area contributed by atoms with Crippen LogP contribution < -0.4 is 15.0 Å². The van der Waals surface area contributed by atoms with Crippen molar-refractivity contribution < 1.29 is 14.4 Å². The number of aromatic nitrogens is 2. The number of ether oxygens (including phenoxy) is 2. The Bertz CT molecular complexity index is 703. The van der Waals surface area contributed by atoms with E-state index >= 15 is 0 Å². The lowest BCUT2D eigenvalue weighted by Gasteiger charge is -2.08. The number of hydrogen-bond acceptors (Lipinski definition) is 6. The van der Waals surface area contributed by atoms with Gasteiger partial charge in [-0.15, -0.1) is 0 Å². The van der Waals surface area contributed by atoms with Gasteiger partial charge in [-0.1, -0.05) is 23.7 Å². The lowest BCUT2D eigenvalue weighted by Crippen LogP contribution is -2.16. The molecule has 0 fully saturated rings. The van der Waals surface area contributed by atoms with Crippen molar-refractivity contribution in [3.63, 3.8) is 0 Å². The highest BCUT2D eigenvalue weighted by Gasteiger charge is 2.21. The van der Waals surface area contributed by atoms with E-state index in [0.717, 1.165) is 6.33 Å². The van der Waals surface area contributed by atoms with Crippen LogP contribution in [0.25, 0.3) is 0 Å². The number of hydrogen-bond donors (Lipinski definition) is 1. The molecule has 0 bridgehead atoms. The molecule has 0 radical (unpaired) electrons. The molecule has 0 saturated heterocycles. The predicted octanol–water partition coefficient (Wildman–Crippen LogP) is 1.79. The number of H-pyrrole nitrogens is 1. The first-order chi connectivity index (χ1) is 10.1. The van der Waals surface area contributed by atoms with E-state index in [2.05, 4.69) is 9.97 Å². The van der Waals surface area contributed by atoms with Crippen LogP contribution in [0.15, 0.2) is 35.4 Å². The van der Waals surface area contributed by atoms with Crippen LogP contribution in [0.3, 0.4) is 0 Å². The lowest BCUT2D eigenvalue weighted by atomic mass is 10.3. The maximum absolute atomic E-state index is 11.3. The maximum Gasteiger partial charge on any atom is 0.395 e. The van der Waals surface area contributed by atoms with Crippen molar-refractivity contribution >= 4 is 17.3 Å². The predicted molar refractivity (Wildman–Crippen MR) is 74.0 cm³/mol. The Morgan fingerprint density at radius 3 is 2.71 bits per heavy atom. The molecule has 8 nitrogen and oxygen atoms in total. The monoisotopic (exact) mass is 311 g/mol. The first kappa shape index (κ1) is 14.8. The van der Waals surface area contributed by atoms with Crippen LogP contribution in [0, 0.1) is 10.1 Å². The molecular weight excluding hydrogens is 302 g/mol. The normalized spacial score (nSPS) is 10.1. The van der Waals surface area contributed by atoms with Crippen LogP contribution in [0.2, 0.25) is 5.02 Å². The van der Waals surface area contributed by atoms with E-state index < -0.39 is 16.2 Å². The fourth-order valence-electron chi connectivity index (χ4n) is 1.49. The second kappa shape index (κ2) is 6.71. The number of nitrogens with zero attached hydrogens (tertiary/aromatic N) is 2. The minimum Gasteiger partial charge on any atom is -0.488 e. The first-order valence-corrected chi connectivity index (χ1v) is 6.19. The van der Waals surface area contributed by atoms with E-state index in [0.29, 0.717) is 10.8 Å². The molecule has 21 heavy (non-hydrogen) atoms. The van der Waals surface area contributed by atoms with Crippen LogP contribution in [-0.4, -0.2) is 28.1 Å². The summed E-state index contributed by atoms with van der Waals surface area (Å²) in [5.74, 6) is 0.114. The summed E-state index contributed by atoms with van der Waals surface area (Å²) >= 11 is 5.89. The summed E-state index contributed by atoms with van der Waals surface area (Å²) in [4.78, 5) is 27.0. The average Bonchev–Trinajstić information content (AvgIpc) is 2.45. The Labute approximate surface area is 123 Å². The summed E-state index contributed by atoms with van der Waals surface area (Å²) in [5, 5.41) is 11.2. The number of nitro groups is 1. The Kier molecular flexibility index (Phi) is 4.72. The number of benzene rings is 1. The smallest absolute Gasteiger partial charge is 0.395 e. The van der Waals surface area contributed by atoms with Gasteiger partial charge in [-0.05, 0) is 12.1 Å². The van der Waals surface area contributed by atoms with E-state index in [-0.39, 0.29) is 19.1 Å². The molecule has 0 aliphatic heterocycles. The van der Waals surface area contributed by atoms with Gasteiger partial charge in [0.25, 0.3) is 0 Å². The number of aromatic amines is 1. The zero-order valence-electron chi connectivity index (χ0n) is 10.6. The highest BCUT2D eigenvalue weighted by Crippen LogP contribution is 2.23. The van der Waals surface area contributed by atoms with Gasteiger partial charge in [0.1, 0.15) is 19.0 Å². The molecule has 0 spiro atoms. The molecule has 0 saturated carbocycles. The highest BCUT2D eigenvalue weighted by molar-refractivity contribution is 6.32. The molecule has 1 aromatic carbocycles. The topological polar surface area (TPSA) is 107 Å². The Morgan fingerprint density at radius 1 is 1.29 bits per heavy atom. The standard InChI is InChI=1S/C12H10ClN3O5/c13-8-3-1-2-4-9(8)20-5-6-21-12-10(16(18)19)11(17)14-7-15-12/h1-4,7H,5-6H2,(H,14,15,17). The van der Waals surface area contributed by atoms with Gasteiger partial charge in [0.15, 0.2) is 0 Å². The van der Waals surface area contributed by atoms with Crippen molar-refractivity contribution in [2.75, 3.05) is 13.2 Å². The third-order valence-electron chi connectivity index (χ3n) is 2.39. The van der Waals surface area contributed by atoms with Crippen LogP contribution in [0.5, 0.6) is 11.6 Å². The van der Waals surface area contributed by atoms with Crippen molar-refractivity contribution in [1.82, 2.24) is 9.97 Å². The maximum atomic E-state index is 11.3. The second-order valence-corrected chi connectivity index (χ2v) is 4.18. The van der Waals surface area contributed by atoms with Crippen LogP contribution >= 0.6 is 11.6 Å². The Balaban J connectivity index is 1.96. The minimum absolute atomic E-state index is 0.0253. The van der Waals surface area contributed by atoms with Gasteiger partial charge in [-0.25, -0.2) is 0 Å². The minimum atomic E-state index is -0.878. The molecule has 0 amide bonds. The number of para-hydroxylation sites is 1. The molecule has 1 heterocycles. The Morgan fingerprint density at radius 2 is 2.00 bits per heavy atom. The van der Waals surface area contributed by atoms with Crippen molar-refractivity contribution in [2.24, 2.45) is 0 Å². The van der Waals surface area contributed by atoms with E-state index in [1.807, 2.05) is 0 Å². The van der Waals surface area contributed by atoms with Gasteiger partial charge in [-0.3, -0.25) is 14.9 Å². The summed E-state index contributed by atoms with van der Waals surface area (Å²) in [6.45, 7) is 0.0673. The average molecular weight is 312 g/mol. The van der Waals surface area contributed by atoms with Gasteiger partial charge in [-0.2, -0.15) is 4.98 Å². The SMILES string of the molecule is O=c1[nH]cnc(OCCOc2ccccc2Cl)c1[N+](=O)[O-]. The molecule has 110 valence electrons. The van der Waals surface area contributed by atoms with Crippen molar-refractivity contribution in [1.29, 1.82) is 0 Å². The molecule has 0 aliphatic carbocycles. The van der Waals surface area contributed by atoms with Crippen molar-refractivity contribution in [3.8, 4) is 11.6 Å². The fourth-order valence-corrected chi connectivity index (χ4v) is 1.68. The molecule has 0 unspecified atom stereocenters. The van der Waals surface area contributed by atoms with Crippen molar-refractivity contribution in [3.05, 3.63) is 56.1 Å². The van der Waals surface area contributed by atoms with Crippen LogP contribution in [0.4, 0.5) is 5.69 Å². The lowest BCUT2D eigenvalue weighted by molar-refractivity contribution is -0.387. The van der Waals surface area contributed by atoms with Gasteiger partial charge in [0.05, 0.1) is 16.3 Å². The van der Waals surface area contributed by atoms with E-state index in [1.165, 1.54) is 0 Å². The molecule has 2 aromatic rings. The zero-order valence-corrected chi connectivity index (χ0v) is 11.4. The molecule has 0 aliphatic rings. The van der Waals surface area contributed by atoms with Gasteiger partial charge >= 0.3 is 17.1 Å². The number of rotatable bonds is 6. The van der Waals surface area contributed by atoms with Gasteiger partial charge in [0, 0.05) is 0 Å². The summed E-state index contributed by atoms with van der Waals surface area (Å²) in [5.41, 5.74) is -1.62. The Hall–Kier alpha value is -2.61. The molecule has 1 aromatic heterocycles. The largest absolute Gasteiger partial charge is 0.488 e. The molecule has 1 N–H and O–H groups in total. The van der Waals surface area contributed by atoms with E-state index in [4.69, 9.17) is 21.1 Å². The molecule has 0 atom stereocenters. The quantitative estimate of drug-likeness (QED) is 0.495. The number of halogens is 1. The van der Waals surface area contributed by atoms with Crippen LogP contribution in [-0.2, 0) is 0 Å².